The Morgan fingerprint density at radius 2 is 1.82 bits per heavy atom. The van der Waals surface area contributed by atoms with Crippen molar-refractivity contribution in [2.75, 3.05) is 0 Å². The van der Waals surface area contributed by atoms with Gasteiger partial charge in [-0.25, -0.2) is 0 Å². The molecule has 184 valence electrons. The predicted molar refractivity (Wildman–Crippen MR) is 128 cm³/mol. The van der Waals surface area contributed by atoms with Crippen LogP contribution in [-0.2, 0) is 19.1 Å². The number of hydrogen-bond acceptors (Lipinski definition) is 4. The van der Waals surface area contributed by atoms with Gasteiger partial charge in [-0.05, 0) is 112 Å². The standard InChI is InChI=1S/C29H44O4/c1-17(15-25(32-18(2)30)26-27(3,4)33-26)22-9-10-23-21-8-7-19-16-20(31)11-13-28(19,5)24(21)12-14-29(22,23)6/h16-17,21-26H,7-15H2,1-6H3/t17-,21+,22-,23+,24+,25+,26-,28+,29-/m1/s1. The van der Waals surface area contributed by atoms with E-state index in [1.54, 1.807) is 0 Å². The van der Waals surface area contributed by atoms with Crippen molar-refractivity contribution in [1.29, 1.82) is 0 Å². The molecule has 4 heteroatoms. The largest absolute Gasteiger partial charge is 0.460 e. The Morgan fingerprint density at radius 1 is 1.09 bits per heavy atom. The van der Waals surface area contributed by atoms with Crippen LogP contribution in [0, 0.1) is 40.4 Å². The number of esters is 1. The highest BCUT2D eigenvalue weighted by Gasteiger charge is 2.60. The molecule has 1 saturated heterocycles. The first-order valence-electron chi connectivity index (χ1n) is 13.5. The van der Waals surface area contributed by atoms with E-state index in [9.17, 15) is 9.59 Å². The van der Waals surface area contributed by atoms with Crippen LogP contribution in [0.25, 0.3) is 0 Å². The molecule has 1 heterocycles. The number of fused-ring (bicyclic) bond motifs is 5. The predicted octanol–water partition coefficient (Wildman–Crippen LogP) is 6.27. The van der Waals surface area contributed by atoms with Crippen LogP contribution in [0.2, 0.25) is 0 Å². The summed E-state index contributed by atoms with van der Waals surface area (Å²) in [6, 6.07) is 0. The van der Waals surface area contributed by atoms with Gasteiger partial charge in [0.1, 0.15) is 12.2 Å². The smallest absolute Gasteiger partial charge is 0.302 e. The van der Waals surface area contributed by atoms with Crippen molar-refractivity contribution in [1.82, 2.24) is 0 Å². The van der Waals surface area contributed by atoms with E-state index in [4.69, 9.17) is 9.47 Å². The number of ether oxygens (including phenoxy) is 2. The highest BCUT2D eigenvalue weighted by Crippen LogP contribution is 2.67. The van der Waals surface area contributed by atoms with Crippen LogP contribution in [0.5, 0.6) is 0 Å². The summed E-state index contributed by atoms with van der Waals surface area (Å²) in [5.74, 6) is 3.68. The van der Waals surface area contributed by atoms with Gasteiger partial charge in [0.2, 0.25) is 0 Å². The quantitative estimate of drug-likeness (QED) is 0.361. The van der Waals surface area contributed by atoms with E-state index < -0.39 is 0 Å². The van der Waals surface area contributed by atoms with E-state index in [2.05, 4.69) is 34.6 Å². The second kappa shape index (κ2) is 7.93. The van der Waals surface area contributed by atoms with Crippen molar-refractivity contribution in [3.05, 3.63) is 11.6 Å². The van der Waals surface area contributed by atoms with Crippen LogP contribution in [0.4, 0.5) is 0 Å². The van der Waals surface area contributed by atoms with Crippen molar-refractivity contribution in [2.45, 2.75) is 117 Å². The fourth-order valence-corrected chi connectivity index (χ4v) is 9.33. The molecule has 0 aromatic carbocycles. The molecule has 4 fully saturated rings. The first-order valence-corrected chi connectivity index (χ1v) is 13.5. The topological polar surface area (TPSA) is 55.9 Å². The van der Waals surface area contributed by atoms with Crippen molar-refractivity contribution in [3.8, 4) is 0 Å². The summed E-state index contributed by atoms with van der Waals surface area (Å²) < 4.78 is 11.7. The molecule has 5 rings (SSSR count). The molecule has 1 aliphatic heterocycles. The van der Waals surface area contributed by atoms with Gasteiger partial charge in [0.15, 0.2) is 5.78 Å². The molecule has 0 bridgehead atoms. The normalized spacial score (nSPS) is 45.2. The summed E-state index contributed by atoms with van der Waals surface area (Å²) in [6.45, 7) is 13.2. The Kier molecular flexibility index (Phi) is 5.67. The molecule has 0 aromatic heterocycles. The van der Waals surface area contributed by atoms with Crippen LogP contribution in [0.15, 0.2) is 11.6 Å². The van der Waals surface area contributed by atoms with Crippen molar-refractivity contribution in [2.24, 2.45) is 40.4 Å². The Hall–Kier alpha value is -1.16. The fourth-order valence-electron chi connectivity index (χ4n) is 9.33. The maximum Gasteiger partial charge on any atom is 0.302 e. The molecule has 33 heavy (non-hydrogen) atoms. The molecule has 4 nitrogen and oxygen atoms in total. The highest BCUT2D eigenvalue weighted by atomic mass is 16.6. The van der Waals surface area contributed by atoms with Gasteiger partial charge in [-0.2, -0.15) is 0 Å². The zero-order chi connectivity index (χ0) is 23.8. The van der Waals surface area contributed by atoms with Crippen molar-refractivity contribution >= 4 is 11.8 Å². The lowest BCUT2D eigenvalue weighted by Crippen LogP contribution is -2.51. The van der Waals surface area contributed by atoms with Crippen LogP contribution in [0.3, 0.4) is 0 Å². The van der Waals surface area contributed by atoms with Crippen LogP contribution in [0.1, 0.15) is 99.3 Å². The van der Waals surface area contributed by atoms with Gasteiger partial charge in [0.05, 0.1) is 5.60 Å². The third kappa shape index (κ3) is 3.83. The zero-order valence-corrected chi connectivity index (χ0v) is 21.6. The molecule has 9 atom stereocenters. The number of allylic oxidation sites excluding steroid dienone is 1. The zero-order valence-electron chi connectivity index (χ0n) is 21.6. The van der Waals surface area contributed by atoms with Gasteiger partial charge in [0.25, 0.3) is 0 Å². The number of ketones is 1. The van der Waals surface area contributed by atoms with Gasteiger partial charge in [-0.15, -0.1) is 0 Å². The Morgan fingerprint density at radius 3 is 2.48 bits per heavy atom. The minimum atomic E-state index is -0.195. The van der Waals surface area contributed by atoms with E-state index in [0.717, 1.165) is 43.4 Å². The lowest BCUT2D eigenvalue weighted by molar-refractivity contribution is -0.148. The van der Waals surface area contributed by atoms with E-state index in [1.165, 1.54) is 44.6 Å². The third-order valence-electron chi connectivity index (χ3n) is 11.0. The monoisotopic (exact) mass is 456 g/mol. The number of carbonyl (C=O) groups is 2. The van der Waals surface area contributed by atoms with Gasteiger partial charge in [-0.3, -0.25) is 9.59 Å². The summed E-state index contributed by atoms with van der Waals surface area (Å²) >= 11 is 0. The molecule has 0 aromatic rings. The molecular weight excluding hydrogens is 412 g/mol. The summed E-state index contributed by atoms with van der Waals surface area (Å²) in [7, 11) is 0. The van der Waals surface area contributed by atoms with E-state index in [1.807, 2.05) is 6.08 Å². The minimum absolute atomic E-state index is 0.0297. The van der Waals surface area contributed by atoms with Gasteiger partial charge < -0.3 is 9.47 Å². The van der Waals surface area contributed by atoms with E-state index in [0.29, 0.717) is 23.0 Å². The Labute approximate surface area is 200 Å². The highest BCUT2D eigenvalue weighted by molar-refractivity contribution is 5.91. The Bertz CT molecular complexity index is 858. The number of hydrogen-bond donors (Lipinski definition) is 0. The van der Waals surface area contributed by atoms with Crippen LogP contribution < -0.4 is 0 Å². The van der Waals surface area contributed by atoms with Crippen LogP contribution >= 0.6 is 0 Å². The average Bonchev–Trinajstić information content (AvgIpc) is 3.21. The SMILES string of the molecule is CC(=O)O[C@@H](C[C@@H](C)[C@H]1CC[C@H]2[C@@H]3CCC4=CC(=O)CC[C@]4(C)[C@H]3CC[C@]12C)[C@H]1OC1(C)C. The molecule has 0 radical (unpaired) electrons. The second-order valence-electron chi connectivity index (χ2n) is 13.2. The second-order valence-corrected chi connectivity index (χ2v) is 13.2. The minimum Gasteiger partial charge on any atom is -0.460 e. The molecular formula is C29H44O4. The molecule has 4 aliphatic carbocycles. The summed E-state index contributed by atoms with van der Waals surface area (Å²) in [5.41, 5.74) is 1.91. The molecule has 0 unspecified atom stereocenters. The first kappa shape index (κ1) is 23.6. The number of rotatable bonds is 5. The first-order chi connectivity index (χ1) is 15.5. The molecule has 3 saturated carbocycles. The maximum atomic E-state index is 12.1. The summed E-state index contributed by atoms with van der Waals surface area (Å²) in [4.78, 5) is 23.9. The van der Waals surface area contributed by atoms with Crippen LogP contribution in [-0.4, -0.2) is 29.6 Å². The lowest BCUT2D eigenvalue weighted by atomic mass is 9.46. The third-order valence-corrected chi connectivity index (χ3v) is 11.0. The molecule has 0 amide bonds. The molecule has 0 N–H and O–H groups in total. The summed E-state index contributed by atoms with van der Waals surface area (Å²) in [6.07, 6.45) is 12.2. The molecule has 5 aliphatic rings. The van der Waals surface area contributed by atoms with Gasteiger partial charge >= 0.3 is 5.97 Å². The average molecular weight is 457 g/mol. The van der Waals surface area contributed by atoms with E-state index >= 15 is 0 Å². The lowest BCUT2D eigenvalue weighted by Gasteiger charge is -2.58. The van der Waals surface area contributed by atoms with Crippen molar-refractivity contribution < 1.29 is 19.1 Å². The van der Waals surface area contributed by atoms with Crippen molar-refractivity contribution in [3.63, 3.8) is 0 Å². The van der Waals surface area contributed by atoms with Gasteiger partial charge in [-0.1, -0.05) is 26.3 Å². The maximum absolute atomic E-state index is 12.1. The Balaban J connectivity index is 1.32. The number of epoxide rings is 1. The van der Waals surface area contributed by atoms with E-state index in [-0.39, 0.29) is 29.2 Å². The fraction of sp³-hybridized carbons (Fsp3) is 0.862. The van der Waals surface area contributed by atoms with Gasteiger partial charge in [0, 0.05) is 13.3 Å². The summed E-state index contributed by atoms with van der Waals surface area (Å²) in [5, 5.41) is 0. The molecule has 0 spiro atoms. The number of carbonyl (C=O) groups excluding carboxylic acids is 2.